The number of ether oxygens (including phenoxy) is 2. The molecule has 2 heterocycles. The third-order valence-corrected chi connectivity index (χ3v) is 2.01. The largest absolute Gasteiger partial charge is 0.495 e. The van der Waals surface area contributed by atoms with Crippen LogP contribution in [0.2, 0.25) is 0 Å². The highest BCUT2D eigenvalue weighted by molar-refractivity contribution is 6.01. The fourth-order valence-corrected chi connectivity index (χ4v) is 1.25. The van der Waals surface area contributed by atoms with Crippen LogP contribution < -0.4 is 4.74 Å². The normalized spacial score (nSPS) is 10.3. The molecule has 0 fully saturated rings. The van der Waals surface area contributed by atoms with Gasteiger partial charge in [-0.2, -0.15) is 5.10 Å². The summed E-state index contributed by atoms with van der Waals surface area (Å²) in [5.74, 6) is 0.0605. The van der Waals surface area contributed by atoms with Crippen molar-refractivity contribution in [2.24, 2.45) is 0 Å². The van der Waals surface area contributed by atoms with E-state index in [1.54, 1.807) is 12.3 Å². The molecule has 0 spiro atoms. The summed E-state index contributed by atoms with van der Waals surface area (Å²) in [7, 11) is 2.83. The number of carbonyl (C=O) groups is 1. The summed E-state index contributed by atoms with van der Waals surface area (Å²) in [5.41, 5.74) is 0.732. The second-order valence-corrected chi connectivity index (χ2v) is 2.84. The van der Waals surface area contributed by atoms with Gasteiger partial charge < -0.3 is 9.47 Å². The summed E-state index contributed by atoms with van der Waals surface area (Å²) in [6.45, 7) is 0. The molecular formula is C9H9N3O3. The topological polar surface area (TPSA) is 77.1 Å². The van der Waals surface area contributed by atoms with Crippen LogP contribution in [0.5, 0.6) is 5.75 Å². The van der Waals surface area contributed by atoms with Crippen LogP contribution in [0.25, 0.3) is 11.0 Å². The van der Waals surface area contributed by atoms with Gasteiger partial charge in [0, 0.05) is 0 Å². The van der Waals surface area contributed by atoms with E-state index in [-0.39, 0.29) is 5.69 Å². The van der Waals surface area contributed by atoms with E-state index in [1.165, 1.54) is 14.2 Å². The first-order valence-corrected chi connectivity index (χ1v) is 4.22. The number of hydrogen-bond acceptors (Lipinski definition) is 5. The molecule has 0 unspecified atom stereocenters. The summed E-state index contributed by atoms with van der Waals surface area (Å²) in [6.07, 6.45) is 1.54. The Morgan fingerprint density at radius 2 is 2.27 bits per heavy atom. The average molecular weight is 207 g/mol. The molecule has 1 N–H and O–H groups in total. The van der Waals surface area contributed by atoms with E-state index in [4.69, 9.17) is 4.74 Å². The van der Waals surface area contributed by atoms with Crippen molar-refractivity contribution in [1.82, 2.24) is 15.2 Å². The average Bonchev–Trinajstić information content (AvgIpc) is 2.70. The van der Waals surface area contributed by atoms with Crippen molar-refractivity contribution in [1.29, 1.82) is 0 Å². The number of fused-ring (bicyclic) bond motifs is 1. The smallest absolute Gasteiger partial charge is 0.359 e. The molecule has 15 heavy (non-hydrogen) atoms. The maximum absolute atomic E-state index is 11.3. The van der Waals surface area contributed by atoms with Gasteiger partial charge in [-0.05, 0) is 6.07 Å². The van der Waals surface area contributed by atoms with Crippen molar-refractivity contribution in [3.63, 3.8) is 0 Å². The highest BCUT2D eigenvalue weighted by Gasteiger charge is 2.15. The molecule has 2 rings (SSSR count). The van der Waals surface area contributed by atoms with E-state index in [0.29, 0.717) is 16.8 Å². The number of aromatic nitrogens is 3. The maximum Gasteiger partial charge on any atom is 0.359 e. The zero-order chi connectivity index (χ0) is 10.8. The summed E-state index contributed by atoms with van der Waals surface area (Å²) in [4.78, 5) is 15.4. The minimum atomic E-state index is -0.503. The molecular weight excluding hydrogens is 198 g/mol. The van der Waals surface area contributed by atoms with Gasteiger partial charge in [0.25, 0.3) is 0 Å². The highest BCUT2D eigenvalue weighted by Crippen LogP contribution is 2.19. The predicted octanol–water partition coefficient (Wildman–Crippen LogP) is 0.753. The molecule has 0 aliphatic heterocycles. The van der Waals surface area contributed by atoms with E-state index in [9.17, 15) is 4.79 Å². The number of H-pyrrole nitrogens is 1. The lowest BCUT2D eigenvalue weighted by molar-refractivity contribution is 0.0596. The lowest BCUT2D eigenvalue weighted by Crippen LogP contribution is -2.02. The van der Waals surface area contributed by atoms with Crippen molar-refractivity contribution in [2.45, 2.75) is 0 Å². The number of methoxy groups -OCH3 is 2. The van der Waals surface area contributed by atoms with Crippen LogP contribution >= 0.6 is 0 Å². The molecule has 0 aliphatic carbocycles. The molecule has 0 atom stereocenters. The fourth-order valence-electron chi connectivity index (χ4n) is 1.25. The van der Waals surface area contributed by atoms with Gasteiger partial charge in [-0.1, -0.05) is 0 Å². The van der Waals surface area contributed by atoms with E-state index >= 15 is 0 Å². The zero-order valence-electron chi connectivity index (χ0n) is 8.27. The van der Waals surface area contributed by atoms with Gasteiger partial charge in [0.05, 0.1) is 25.8 Å². The summed E-state index contributed by atoms with van der Waals surface area (Å²) < 4.78 is 9.59. The summed E-state index contributed by atoms with van der Waals surface area (Å²) in [6, 6.07) is 1.68. The number of nitrogens with zero attached hydrogens (tertiary/aromatic N) is 2. The third kappa shape index (κ3) is 1.50. The summed E-state index contributed by atoms with van der Waals surface area (Å²) in [5, 5.41) is 7.05. The number of hydrogen-bond donors (Lipinski definition) is 1. The van der Waals surface area contributed by atoms with Crippen LogP contribution in [0.15, 0.2) is 12.3 Å². The van der Waals surface area contributed by atoms with Gasteiger partial charge in [-0.15, -0.1) is 0 Å². The Morgan fingerprint density at radius 3 is 2.93 bits per heavy atom. The van der Waals surface area contributed by atoms with Crippen LogP contribution in [-0.2, 0) is 4.74 Å². The van der Waals surface area contributed by atoms with Gasteiger partial charge >= 0.3 is 5.97 Å². The number of rotatable bonds is 2. The van der Waals surface area contributed by atoms with Crippen molar-refractivity contribution in [3.05, 3.63) is 18.0 Å². The Labute approximate surface area is 85.2 Å². The lowest BCUT2D eigenvalue weighted by Gasteiger charge is -1.98. The Balaban J connectivity index is 2.61. The lowest BCUT2D eigenvalue weighted by atomic mass is 10.2. The van der Waals surface area contributed by atoms with Crippen molar-refractivity contribution in [2.75, 3.05) is 14.2 Å². The Bertz CT molecular complexity index is 506. The maximum atomic E-state index is 11.3. The Hall–Kier alpha value is -2.11. The zero-order valence-corrected chi connectivity index (χ0v) is 8.27. The van der Waals surface area contributed by atoms with Gasteiger partial charge in [-0.3, -0.25) is 5.10 Å². The highest BCUT2D eigenvalue weighted by atomic mass is 16.5. The molecule has 0 aromatic carbocycles. The molecule has 0 radical (unpaired) electrons. The number of nitrogens with one attached hydrogen (secondary N) is 1. The third-order valence-electron chi connectivity index (χ3n) is 2.01. The minimum absolute atomic E-state index is 0.207. The number of pyridine rings is 1. The van der Waals surface area contributed by atoms with Crippen LogP contribution in [-0.4, -0.2) is 35.4 Å². The van der Waals surface area contributed by atoms with Gasteiger partial charge in [-0.25, -0.2) is 9.78 Å². The first-order valence-electron chi connectivity index (χ1n) is 4.22. The number of carbonyl (C=O) groups excluding carboxylic acids is 1. The molecule has 0 saturated carbocycles. The van der Waals surface area contributed by atoms with E-state index in [0.717, 1.165) is 0 Å². The second kappa shape index (κ2) is 3.56. The van der Waals surface area contributed by atoms with Gasteiger partial charge in [0.1, 0.15) is 5.75 Å². The molecule has 0 aliphatic rings. The molecule has 0 saturated heterocycles. The number of esters is 1. The van der Waals surface area contributed by atoms with Gasteiger partial charge in [0.15, 0.2) is 11.3 Å². The van der Waals surface area contributed by atoms with Crippen LogP contribution in [0.1, 0.15) is 10.5 Å². The van der Waals surface area contributed by atoms with Crippen molar-refractivity contribution >= 4 is 17.0 Å². The first kappa shape index (κ1) is 9.45. The van der Waals surface area contributed by atoms with Crippen molar-refractivity contribution in [3.8, 4) is 5.75 Å². The Kier molecular flexibility index (Phi) is 2.24. The minimum Gasteiger partial charge on any atom is -0.495 e. The molecule has 78 valence electrons. The van der Waals surface area contributed by atoms with Crippen molar-refractivity contribution < 1.29 is 14.3 Å². The van der Waals surface area contributed by atoms with Crippen LogP contribution in [0.4, 0.5) is 0 Å². The monoisotopic (exact) mass is 207 g/mol. The SMILES string of the molecule is COC(=O)c1n[nH]c2ncc(OC)cc12. The summed E-state index contributed by atoms with van der Waals surface area (Å²) >= 11 is 0. The first-order chi connectivity index (χ1) is 7.26. The molecule has 2 aromatic heterocycles. The quantitative estimate of drug-likeness (QED) is 0.735. The molecule has 0 bridgehead atoms. The Morgan fingerprint density at radius 1 is 1.47 bits per heavy atom. The molecule has 6 nitrogen and oxygen atoms in total. The van der Waals surface area contributed by atoms with E-state index in [1.807, 2.05) is 0 Å². The standard InChI is InChI=1S/C9H9N3O3/c1-14-5-3-6-7(9(13)15-2)11-12-8(6)10-4-5/h3-4H,1-2H3,(H,10,11,12). The van der Waals surface area contributed by atoms with Gasteiger partial charge in [0.2, 0.25) is 0 Å². The molecule has 0 amide bonds. The molecule has 2 aromatic rings. The van der Waals surface area contributed by atoms with E-state index < -0.39 is 5.97 Å². The van der Waals surface area contributed by atoms with E-state index in [2.05, 4.69) is 19.9 Å². The number of aromatic amines is 1. The fraction of sp³-hybridized carbons (Fsp3) is 0.222. The second-order valence-electron chi connectivity index (χ2n) is 2.84. The van der Waals surface area contributed by atoms with Crippen LogP contribution in [0, 0.1) is 0 Å². The molecule has 6 heteroatoms. The van der Waals surface area contributed by atoms with Crippen LogP contribution in [0.3, 0.4) is 0 Å². The predicted molar refractivity (Wildman–Crippen MR) is 51.8 cm³/mol.